The van der Waals surface area contributed by atoms with Gasteiger partial charge >= 0.3 is 0 Å². The van der Waals surface area contributed by atoms with E-state index in [0.717, 1.165) is 6.54 Å². The van der Waals surface area contributed by atoms with E-state index in [1.807, 2.05) is 0 Å². The van der Waals surface area contributed by atoms with Crippen molar-refractivity contribution < 1.29 is 5.48 Å². The van der Waals surface area contributed by atoms with Crippen LogP contribution in [0.1, 0.15) is 6.42 Å². The minimum atomic E-state index is 0. The lowest BCUT2D eigenvalue weighted by Crippen LogP contribution is -1.96. The first-order valence-corrected chi connectivity index (χ1v) is 3.53. The van der Waals surface area contributed by atoms with Gasteiger partial charge in [-0.3, -0.25) is 0 Å². The second-order valence-electron chi connectivity index (χ2n) is 1.14. The molecule has 0 aliphatic heterocycles. The minimum absolute atomic E-state index is 0. The van der Waals surface area contributed by atoms with Gasteiger partial charge < -0.3 is 11.2 Å². The summed E-state index contributed by atoms with van der Waals surface area (Å²) >= 11 is 0. The van der Waals surface area contributed by atoms with Gasteiger partial charge in [0.1, 0.15) is 0 Å². The Morgan fingerprint density at radius 1 is 1.50 bits per heavy atom. The van der Waals surface area contributed by atoms with Crippen molar-refractivity contribution in [2.75, 3.05) is 6.54 Å². The van der Waals surface area contributed by atoms with E-state index in [-0.39, 0.29) is 5.48 Å². The monoisotopic (exact) mass is 107 g/mol. The first-order valence-electron chi connectivity index (χ1n) is 2.12. The maximum absolute atomic E-state index is 5.16. The smallest absolute Gasteiger partial charge is 0.00286 e. The average Bonchev–Trinajstić information content (AvgIpc) is 1.41. The summed E-state index contributed by atoms with van der Waals surface area (Å²) in [5, 5.41) is 0. The molecule has 0 atom stereocenters. The lowest BCUT2D eigenvalue weighted by Gasteiger charge is -1.80. The lowest BCUT2D eigenvalue weighted by atomic mass is 10.5. The number of hydrogen-bond acceptors (Lipinski definition) is 1. The molecule has 0 fully saturated rings. The van der Waals surface area contributed by atoms with Gasteiger partial charge in [0, 0.05) is 10.2 Å². The number of rotatable bonds is 2. The van der Waals surface area contributed by atoms with Gasteiger partial charge in [-0.15, -0.1) is 0 Å². The highest BCUT2D eigenvalue weighted by molar-refractivity contribution is 6.08. The van der Waals surface area contributed by atoms with E-state index in [0.29, 0.717) is 0 Å². The summed E-state index contributed by atoms with van der Waals surface area (Å²) in [5.74, 6) is 0. The zero-order valence-electron chi connectivity index (χ0n) is 4.20. The first-order chi connectivity index (χ1) is 2.41. The van der Waals surface area contributed by atoms with E-state index in [1.54, 1.807) is 0 Å². The normalized spacial score (nSPS) is 7.50. The summed E-state index contributed by atoms with van der Waals surface area (Å²) < 4.78 is 0. The lowest BCUT2D eigenvalue weighted by molar-refractivity contribution is 0.824. The molecule has 0 saturated carbocycles. The predicted molar refractivity (Wildman–Crippen MR) is 32.0 cm³/mol. The van der Waals surface area contributed by atoms with E-state index in [4.69, 9.17) is 5.73 Å². The molecule has 0 aliphatic rings. The summed E-state index contributed by atoms with van der Waals surface area (Å²) in [6.45, 7) is 0.878. The Morgan fingerprint density at radius 3 is 2.00 bits per heavy atom. The van der Waals surface area contributed by atoms with E-state index >= 15 is 0 Å². The molecule has 0 spiro atoms. The highest BCUT2D eigenvalue weighted by Gasteiger charge is 1.68. The van der Waals surface area contributed by atoms with Crippen LogP contribution in [0, 0.1) is 0 Å². The summed E-state index contributed by atoms with van der Waals surface area (Å²) in [6, 6.07) is 1.36. The minimum Gasteiger partial charge on any atom is -0.412 e. The second-order valence-corrected chi connectivity index (χ2v) is 2.14. The molecule has 0 bridgehead atoms. The van der Waals surface area contributed by atoms with Crippen LogP contribution in [0.25, 0.3) is 0 Å². The predicted octanol–water partition coefficient (Wildman–Crippen LogP) is -1.71. The third-order valence-electron chi connectivity index (χ3n) is 0.558. The van der Waals surface area contributed by atoms with E-state index in [1.165, 1.54) is 22.7 Å². The quantitative estimate of drug-likeness (QED) is 0.420. The molecule has 0 aromatic rings. The molecule has 3 heteroatoms. The van der Waals surface area contributed by atoms with Crippen molar-refractivity contribution in [3.8, 4) is 0 Å². The van der Waals surface area contributed by atoms with Crippen LogP contribution in [-0.4, -0.2) is 22.3 Å². The van der Waals surface area contributed by atoms with Crippen molar-refractivity contribution in [1.82, 2.24) is 0 Å². The van der Waals surface area contributed by atoms with Crippen molar-refractivity contribution in [1.29, 1.82) is 0 Å². The van der Waals surface area contributed by atoms with Crippen LogP contribution in [0.2, 0.25) is 6.04 Å². The third kappa shape index (κ3) is 8.91. The Hall–Kier alpha value is 0.137. The van der Waals surface area contributed by atoms with Crippen molar-refractivity contribution in [2.45, 2.75) is 12.5 Å². The number of hydrogen-bond donors (Lipinski definition) is 1. The molecule has 40 valence electrons. The SMILES string of the molecule is NCCC[SiH3].O. The van der Waals surface area contributed by atoms with Gasteiger partial charge in [0.2, 0.25) is 0 Å². The Balaban J connectivity index is 0. The summed E-state index contributed by atoms with van der Waals surface area (Å²) in [6.07, 6.45) is 1.23. The van der Waals surface area contributed by atoms with Crippen LogP contribution in [0.5, 0.6) is 0 Å². The molecule has 0 saturated heterocycles. The summed E-state index contributed by atoms with van der Waals surface area (Å²) in [5.41, 5.74) is 5.16. The van der Waals surface area contributed by atoms with Crippen LogP contribution in [-0.2, 0) is 0 Å². The highest BCUT2D eigenvalue weighted by Crippen LogP contribution is 1.74. The first kappa shape index (κ1) is 9.46. The molecular formula is C3H13NOSi. The molecule has 0 aliphatic carbocycles. The fourth-order valence-corrected chi connectivity index (χ4v) is 0.612. The largest absolute Gasteiger partial charge is 0.412 e. The van der Waals surface area contributed by atoms with Gasteiger partial charge in [-0.05, 0) is 13.0 Å². The zero-order valence-corrected chi connectivity index (χ0v) is 6.20. The van der Waals surface area contributed by atoms with Gasteiger partial charge in [0.15, 0.2) is 0 Å². The fraction of sp³-hybridized carbons (Fsp3) is 1.00. The Labute approximate surface area is 41.5 Å². The van der Waals surface area contributed by atoms with Crippen molar-refractivity contribution in [3.63, 3.8) is 0 Å². The van der Waals surface area contributed by atoms with Crippen LogP contribution < -0.4 is 5.73 Å². The maximum Gasteiger partial charge on any atom is 0.00286 e. The molecule has 0 rings (SSSR count). The Bertz CT molecular complexity index is 18.3. The van der Waals surface area contributed by atoms with Crippen molar-refractivity contribution >= 4 is 10.2 Å². The molecule has 0 radical (unpaired) electrons. The molecule has 4 N–H and O–H groups in total. The molecule has 0 aromatic carbocycles. The molecule has 0 heterocycles. The highest BCUT2D eigenvalue weighted by atomic mass is 28.1. The molecular weight excluding hydrogens is 94.1 g/mol. The van der Waals surface area contributed by atoms with E-state index in [2.05, 4.69) is 0 Å². The van der Waals surface area contributed by atoms with Gasteiger partial charge in [0.05, 0.1) is 0 Å². The van der Waals surface area contributed by atoms with Gasteiger partial charge in [-0.25, -0.2) is 0 Å². The van der Waals surface area contributed by atoms with Crippen LogP contribution >= 0.6 is 0 Å². The molecule has 6 heavy (non-hydrogen) atoms. The average molecular weight is 107 g/mol. The van der Waals surface area contributed by atoms with E-state index in [9.17, 15) is 0 Å². The fourth-order valence-electron chi connectivity index (χ4n) is 0.204. The summed E-state index contributed by atoms with van der Waals surface area (Å²) in [4.78, 5) is 0. The standard InChI is InChI=1S/C3H11NSi.H2O/c4-2-1-3-5;/h1-4H2,5H3;1H2. The van der Waals surface area contributed by atoms with Gasteiger partial charge in [-0.1, -0.05) is 6.04 Å². The van der Waals surface area contributed by atoms with Crippen LogP contribution in [0.15, 0.2) is 0 Å². The molecule has 0 amide bonds. The number of nitrogens with two attached hydrogens (primary N) is 1. The van der Waals surface area contributed by atoms with Crippen LogP contribution in [0.4, 0.5) is 0 Å². The van der Waals surface area contributed by atoms with Crippen LogP contribution in [0.3, 0.4) is 0 Å². The second kappa shape index (κ2) is 8.93. The van der Waals surface area contributed by atoms with E-state index < -0.39 is 0 Å². The topological polar surface area (TPSA) is 57.5 Å². The zero-order chi connectivity index (χ0) is 4.12. The van der Waals surface area contributed by atoms with Crippen molar-refractivity contribution in [2.24, 2.45) is 5.73 Å². The van der Waals surface area contributed by atoms with Gasteiger partial charge in [-0.2, -0.15) is 0 Å². The Kier molecular flexibility index (Phi) is 14.1. The van der Waals surface area contributed by atoms with Crippen molar-refractivity contribution in [3.05, 3.63) is 0 Å². The molecule has 0 unspecified atom stereocenters. The summed E-state index contributed by atoms with van der Waals surface area (Å²) in [7, 11) is 1.32. The molecule has 0 aromatic heterocycles. The maximum atomic E-state index is 5.16. The Morgan fingerprint density at radius 2 is 2.00 bits per heavy atom. The van der Waals surface area contributed by atoms with Gasteiger partial charge in [0.25, 0.3) is 0 Å². The third-order valence-corrected chi connectivity index (χ3v) is 1.26. The molecule has 2 nitrogen and oxygen atoms in total.